The van der Waals surface area contributed by atoms with Gasteiger partial charge in [-0.3, -0.25) is 10.1 Å². The van der Waals surface area contributed by atoms with Crippen molar-refractivity contribution in [1.29, 1.82) is 0 Å². The van der Waals surface area contributed by atoms with Gasteiger partial charge in [0.25, 0.3) is 0 Å². The molecule has 1 heterocycles. The predicted octanol–water partition coefficient (Wildman–Crippen LogP) is 1.89. The smallest absolute Gasteiger partial charge is 0.327 e. The lowest BCUT2D eigenvalue weighted by Crippen LogP contribution is -2.18. The maximum Gasteiger partial charge on any atom is 0.327 e. The number of benzene rings is 1. The number of nitro groups is 1. The Morgan fingerprint density at radius 1 is 1.50 bits per heavy atom. The lowest BCUT2D eigenvalue weighted by Gasteiger charge is -2.11. The van der Waals surface area contributed by atoms with Crippen LogP contribution < -0.4 is 10.6 Å². The van der Waals surface area contributed by atoms with Crippen LogP contribution in [0.2, 0.25) is 0 Å². The second kappa shape index (κ2) is 5.26. The number of nitrogens with zero attached hydrogens (tertiary/aromatic N) is 1. The van der Waals surface area contributed by atoms with Crippen LogP contribution in [0.25, 0.3) is 0 Å². The summed E-state index contributed by atoms with van der Waals surface area (Å²) in [5.74, 6) is -1.67. The second-order valence-corrected chi connectivity index (χ2v) is 4.28. The Labute approximate surface area is 102 Å². The average molecular weight is 257 g/mol. The van der Waals surface area contributed by atoms with Gasteiger partial charge in [0.1, 0.15) is 11.5 Å². The van der Waals surface area contributed by atoms with E-state index < -0.39 is 22.2 Å². The average Bonchev–Trinajstić information content (AvgIpc) is 2.77. The molecule has 98 valence electrons. The first kappa shape index (κ1) is 12.7. The number of nitro benzene ring substituents is 1. The minimum absolute atomic E-state index is 0.107. The van der Waals surface area contributed by atoms with Crippen LogP contribution in [0.15, 0.2) is 12.1 Å². The summed E-state index contributed by atoms with van der Waals surface area (Å²) < 4.78 is 26.4. The quantitative estimate of drug-likeness (QED) is 0.638. The van der Waals surface area contributed by atoms with Gasteiger partial charge in [-0.1, -0.05) is 0 Å². The Morgan fingerprint density at radius 2 is 2.28 bits per heavy atom. The van der Waals surface area contributed by atoms with Gasteiger partial charge < -0.3 is 10.6 Å². The maximum atomic E-state index is 13.3. The van der Waals surface area contributed by atoms with Gasteiger partial charge in [-0.15, -0.1) is 0 Å². The zero-order valence-electron chi connectivity index (χ0n) is 9.58. The van der Waals surface area contributed by atoms with Gasteiger partial charge in [0, 0.05) is 18.7 Å². The van der Waals surface area contributed by atoms with Crippen molar-refractivity contribution in [3.8, 4) is 0 Å². The zero-order valence-corrected chi connectivity index (χ0v) is 9.58. The summed E-state index contributed by atoms with van der Waals surface area (Å²) in [6.07, 6.45) is 0.943. The molecule has 1 unspecified atom stereocenters. The van der Waals surface area contributed by atoms with E-state index in [2.05, 4.69) is 10.6 Å². The topological polar surface area (TPSA) is 67.2 Å². The molecule has 0 saturated carbocycles. The van der Waals surface area contributed by atoms with Crippen molar-refractivity contribution in [3.05, 3.63) is 33.9 Å². The second-order valence-electron chi connectivity index (χ2n) is 4.28. The molecule has 7 heteroatoms. The highest BCUT2D eigenvalue weighted by Gasteiger charge is 2.23. The summed E-state index contributed by atoms with van der Waals surface area (Å²) in [5.41, 5.74) is -0.813. The minimum atomic E-state index is -1.16. The molecular formula is C11H13F2N3O2. The molecule has 2 N–H and O–H groups in total. The fourth-order valence-corrected chi connectivity index (χ4v) is 2.03. The normalized spacial score (nSPS) is 18.9. The fraction of sp³-hybridized carbons (Fsp3) is 0.455. The Hall–Kier alpha value is -1.76. The third kappa shape index (κ3) is 2.73. The van der Waals surface area contributed by atoms with E-state index in [1.165, 1.54) is 0 Å². The molecule has 1 fully saturated rings. The molecule has 0 aliphatic carbocycles. The van der Waals surface area contributed by atoms with Crippen molar-refractivity contribution in [2.75, 3.05) is 25.0 Å². The molecule has 1 aromatic rings. The standard InChI is InChI=1S/C11H13F2N3O2/c12-8-3-9(13)11(16(17)18)10(4-8)15-6-7-1-2-14-5-7/h3-4,7,14-15H,1-2,5-6H2. The molecule has 18 heavy (non-hydrogen) atoms. The summed E-state index contributed by atoms with van der Waals surface area (Å²) in [5, 5.41) is 16.6. The van der Waals surface area contributed by atoms with E-state index in [-0.39, 0.29) is 5.69 Å². The largest absolute Gasteiger partial charge is 0.379 e. The van der Waals surface area contributed by atoms with E-state index in [0.29, 0.717) is 18.5 Å². The molecule has 0 radical (unpaired) electrons. The summed E-state index contributed by atoms with van der Waals surface area (Å²) in [6.45, 7) is 2.15. The van der Waals surface area contributed by atoms with E-state index in [9.17, 15) is 18.9 Å². The number of nitrogens with one attached hydrogen (secondary N) is 2. The zero-order chi connectivity index (χ0) is 13.1. The van der Waals surface area contributed by atoms with Gasteiger partial charge in [0.15, 0.2) is 0 Å². The molecule has 1 saturated heterocycles. The highest BCUT2D eigenvalue weighted by Crippen LogP contribution is 2.29. The number of rotatable bonds is 4. The molecule has 1 aliphatic rings. The molecule has 0 amide bonds. The number of halogens is 2. The maximum absolute atomic E-state index is 13.3. The van der Waals surface area contributed by atoms with Gasteiger partial charge in [0.2, 0.25) is 5.82 Å². The van der Waals surface area contributed by atoms with Crippen molar-refractivity contribution in [2.45, 2.75) is 6.42 Å². The first-order valence-electron chi connectivity index (χ1n) is 5.66. The van der Waals surface area contributed by atoms with E-state index >= 15 is 0 Å². The van der Waals surface area contributed by atoms with Crippen molar-refractivity contribution < 1.29 is 13.7 Å². The molecule has 0 aromatic heterocycles. The minimum Gasteiger partial charge on any atom is -0.379 e. The third-order valence-corrected chi connectivity index (χ3v) is 2.95. The van der Waals surface area contributed by atoms with Gasteiger partial charge in [-0.2, -0.15) is 4.39 Å². The van der Waals surface area contributed by atoms with Crippen LogP contribution in [0, 0.1) is 27.7 Å². The van der Waals surface area contributed by atoms with Crippen LogP contribution in [-0.4, -0.2) is 24.6 Å². The molecule has 0 bridgehead atoms. The van der Waals surface area contributed by atoms with E-state index in [1.807, 2.05) is 0 Å². The van der Waals surface area contributed by atoms with Crippen LogP contribution in [0.4, 0.5) is 20.2 Å². The number of hydrogen-bond acceptors (Lipinski definition) is 4. The Balaban J connectivity index is 2.16. The van der Waals surface area contributed by atoms with Crippen LogP contribution >= 0.6 is 0 Å². The Kier molecular flexibility index (Phi) is 3.71. The Bertz CT molecular complexity index is 462. The third-order valence-electron chi connectivity index (χ3n) is 2.95. The lowest BCUT2D eigenvalue weighted by atomic mass is 10.1. The SMILES string of the molecule is O=[N+]([O-])c1c(F)cc(F)cc1NCC1CCNC1. The number of anilines is 1. The number of hydrogen-bond donors (Lipinski definition) is 2. The molecule has 1 atom stereocenters. The van der Waals surface area contributed by atoms with E-state index in [1.54, 1.807) is 0 Å². The van der Waals surface area contributed by atoms with E-state index in [4.69, 9.17) is 0 Å². The highest BCUT2D eigenvalue weighted by molar-refractivity contribution is 5.62. The summed E-state index contributed by atoms with van der Waals surface area (Å²) in [4.78, 5) is 9.90. The lowest BCUT2D eigenvalue weighted by molar-refractivity contribution is -0.386. The van der Waals surface area contributed by atoms with Crippen molar-refractivity contribution in [2.24, 2.45) is 5.92 Å². The van der Waals surface area contributed by atoms with Crippen LogP contribution in [0.3, 0.4) is 0 Å². The van der Waals surface area contributed by atoms with Crippen LogP contribution in [-0.2, 0) is 0 Å². The molecule has 2 rings (SSSR count). The van der Waals surface area contributed by atoms with E-state index in [0.717, 1.165) is 25.6 Å². The summed E-state index contributed by atoms with van der Waals surface area (Å²) >= 11 is 0. The van der Waals surface area contributed by atoms with Gasteiger partial charge in [0.05, 0.1) is 4.92 Å². The van der Waals surface area contributed by atoms with Crippen molar-refractivity contribution in [1.82, 2.24) is 5.32 Å². The molecule has 0 spiro atoms. The molecule has 1 aromatic carbocycles. The molecular weight excluding hydrogens is 244 g/mol. The van der Waals surface area contributed by atoms with Gasteiger partial charge >= 0.3 is 5.69 Å². The van der Waals surface area contributed by atoms with Crippen LogP contribution in [0.1, 0.15) is 6.42 Å². The van der Waals surface area contributed by atoms with Gasteiger partial charge in [-0.05, 0) is 25.4 Å². The first-order chi connectivity index (χ1) is 8.58. The highest BCUT2D eigenvalue weighted by atomic mass is 19.1. The monoisotopic (exact) mass is 257 g/mol. The predicted molar refractivity (Wildman–Crippen MR) is 62.5 cm³/mol. The fourth-order valence-electron chi connectivity index (χ4n) is 2.03. The molecule has 1 aliphatic heterocycles. The van der Waals surface area contributed by atoms with Crippen molar-refractivity contribution in [3.63, 3.8) is 0 Å². The van der Waals surface area contributed by atoms with Crippen LogP contribution in [0.5, 0.6) is 0 Å². The summed E-state index contributed by atoms with van der Waals surface area (Å²) in [6, 6.07) is 1.46. The Morgan fingerprint density at radius 3 is 2.89 bits per heavy atom. The van der Waals surface area contributed by atoms with Crippen molar-refractivity contribution >= 4 is 11.4 Å². The van der Waals surface area contributed by atoms with Gasteiger partial charge in [-0.25, -0.2) is 4.39 Å². The first-order valence-corrected chi connectivity index (χ1v) is 5.66. The summed E-state index contributed by atoms with van der Waals surface area (Å²) in [7, 11) is 0. The molecule has 5 nitrogen and oxygen atoms in total.